The van der Waals surface area contributed by atoms with Crippen molar-refractivity contribution in [2.45, 2.75) is 45.1 Å². The molecule has 5 rings (SSSR count). The third-order valence-corrected chi connectivity index (χ3v) is 7.80. The number of fused-ring (bicyclic) bond motifs is 1. The van der Waals surface area contributed by atoms with E-state index in [2.05, 4.69) is 88.4 Å². The van der Waals surface area contributed by atoms with Crippen LogP contribution in [0.4, 0.5) is 5.69 Å². The summed E-state index contributed by atoms with van der Waals surface area (Å²) in [5.41, 5.74) is 7.33. The van der Waals surface area contributed by atoms with E-state index in [-0.39, 0.29) is 0 Å². The fourth-order valence-corrected chi connectivity index (χ4v) is 5.80. The molecular weight excluding hydrogens is 402 g/mol. The van der Waals surface area contributed by atoms with E-state index in [1.807, 2.05) is 0 Å². The van der Waals surface area contributed by atoms with Crippen LogP contribution >= 0.6 is 0 Å². The molecule has 0 bridgehead atoms. The van der Waals surface area contributed by atoms with E-state index in [0.717, 1.165) is 19.5 Å². The largest absolute Gasteiger partial charge is 0.369 e. The molecule has 1 atom stereocenters. The molecule has 1 fully saturated rings. The Morgan fingerprint density at radius 2 is 1.70 bits per heavy atom. The van der Waals surface area contributed by atoms with Crippen molar-refractivity contribution in [3.63, 3.8) is 0 Å². The molecule has 1 saturated heterocycles. The molecule has 2 aromatic carbocycles. The molecule has 0 spiro atoms. The third kappa shape index (κ3) is 5.42. The molecule has 0 radical (unpaired) electrons. The maximum Gasteiger partial charge on any atom is 0.0367 e. The highest BCUT2D eigenvalue weighted by Crippen LogP contribution is 2.27. The molecule has 0 N–H and O–H groups in total. The molecule has 1 unspecified atom stereocenters. The number of hydrogen-bond donors (Lipinski definition) is 0. The highest BCUT2D eigenvalue weighted by atomic mass is 15.3. The number of benzene rings is 2. The molecule has 0 aromatic heterocycles. The van der Waals surface area contributed by atoms with Crippen molar-refractivity contribution in [1.82, 2.24) is 9.80 Å². The van der Waals surface area contributed by atoms with Crippen LogP contribution < -0.4 is 4.90 Å². The topological polar surface area (TPSA) is 9.72 Å². The Balaban J connectivity index is 1.11. The lowest BCUT2D eigenvalue weighted by Crippen LogP contribution is -2.50. The van der Waals surface area contributed by atoms with Gasteiger partial charge in [-0.3, -0.25) is 9.80 Å². The summed E-state index contributed by atoms with van der Waals surface area (Å²) in [4.78, 5) is 8.02. The highest BCUT2D eigenvalue weighted by Gasteiger charge is 2.25. The third-order valence-electron chi connectivity index (χ3n) is 7.80. The fourth-order valence-electron chi connectivity index (χ4n) is 5.80. The predicted octanol–water partition coefficient (Wildman–Crippen LogP) is 5.42. The Kier molecular flexibility index (Phi) is 7.28. The van der Waals surface area contributed by atoms with Crippen LogP contribution in [-0.2, 0) is 12.8 Å². The van der Waals surface area contributed by atoms with E-state index in [9.17, 15) is 0 Å². The molecule has 3 heteroatoms. The number of rotatable bonds is 8. The van der Waals surface area contributed by atoms with Crippen LogP contribution in [0.25, 0.3) is 5.57 Å². The van der Waals surface area contributed by atoms with Crippen LogP contribution in [0, 0.1) is 0 Å². The van der Waals surface area contributed by atoms with Crippen LogP contribution in [-0.4, -0.2) is 61.7 Å². The summed E-state index contributed by atoms with van der Waals surface area (Å²) in [5.74, 6) is 0. The number of nitrogens with zero attached hydrogens (tertiary/aromatic N) is 3. The highest BCUT2D eigenvalue weighted by molar-refractivity contribution is 5.72. The molecular formula is C30H39N3. The molecule has 174 valence electrons. The molecule has 33 heavy (non-hydrogen) atoms. The molecule has 2 aliphatic carbocycles. The van der Waals surface area contributed by atoms with Crippen molar-refractivity contribution >= 4 is 11.3 Å². The Labute approximate surface area is 200 Å². The molecule has 2 aromatic rings. The lowest BCUT2D eigenvalue weighted by atomic mass is 9.87. The van der Waals surface area contributed by atoms with Crippen LogP contribution in [0.1, 0.15) is 42.9 Å². The minimum absolute atomic E-state index is 0.713. The number of aryl methyl sites for hydroxylation is 1. The molecule has 1 aliphatic heterocycles. The summed E-state index contributed by atoms with van der Waals surface area (Å²) in [6.07, 6.45) is 12.7. The maximum absolute atomic E-state index is 2.79. The zero-order valence-corrected chi connectivity index (χ0v) is 20.3. The van der Waals surface area contributed by atoms with E-state index in [1.54, 1.807) is 11.1 Å². The van der Waals surface area contributed by atoms with E-state index in [1.165, 1.54) is 75.2 Å². The van der Waals surface area contributed by atoms with Crippen molar-refractivity contribution in [1.29, 1.82) is 0 Å². The van der Waals surface area contributed by atoms with Crippen molar-refractivity contribution in [3.8, 4) is 0 Å². The molecule has 3 aliphatic rings. The minimum Gasteiger partial charge on any atom is -0.369 e. The van der Waals surface area contributed by atoms with Gasteiger partial charge in [-0.2, -0.15) is 0 Å². The number of hydrogen-bond acceptors (Lipinski definition) is 3. The van der Waals surface area contributed by atoms with Gasteiger partial charge in [0.2, 0.25) is 0 Å². The second-order valence-corrected chi connectivity index (χ2v) is 9.90. The normalized spacial score (nSPS) is 20.8. The van der Waals surface area contributed by atoms with Crippen LogP contribution in [0.5, 0.6) is 0 Å². The Bertz CT molecular complexity index is 966. The van der Waals surface area contributed by atoms with Gasteiger partial charge in [0.05, 0.1) is 0 Å². The quantitative estimate of drug-likeness (QED) is 0.541. The molecule has 3 nitrogen and oxygen atoms in total. The minimum atomic E-state index is 0.713. The van der Waals surface area contributed by atoms with Crippen LogP contribution in [0.2, 0.25) is 0 Å². The van der Waals surface area contributed by atoms with Crippen molar-refractivity contribution in [2.24, 2.45) is 0 Å². The SMILES string of the molecule is CCCN(CCN1CCN(c2ccc(C3=CC=CC3)cc2)CC1)C1CCc2ccccc2C1. The smallest absolute Gasteiger partial charge is 0.0367 e. The van der Waals surface area contributed by atoms with E-state index in [0.29, 0.717) is 6.04 Å². The first-order valence-corrected chi connectivity index (χ1v) is 13.0. The van der Waals surface area contributed by atoms with Gasteiger partial charge in [-0.25, -0.2) is 0 Å². The van der Waals surface area contributed by atoms with E-state index < -0.39 is 0 Å². The second kappa shape index (κ2) is 10.7. The van der Waals surface area contributed by atoms with Gasteiger partial charge >= 0.3 is 0 Å². The lowest BCUT2D eigenvalue weighted by molar-refractivity contribution is 0.145. The van der Waals surface area contributed by atoms with Crippen molar-refractivity contribution in [2.75, 3.05) is 50.7 Å². The maximum atomic E-state index is 2.79. The molecule has 0 saturated carbocycles. The van der Waals surface area contributed by atoms with Gasteiger partial charge in [-0.1, -0.05) is 61.5 Å². The predicted molar refractivity (Wildman–Crippen MR) is 141 cm³/mol. The first-order chi connectivity index (χ1) is 16.3. The van der Waals surface area contributed by atoms with Crippen LogP contribution in [0.15, 0.2) is 66.8 Å². The summed E-state index contributed by atoms with van der Waals surface area (Å²) in [6, 6.07) is 19.0. The molecule has 0 amide bonds. The van der Waals surface area contributed by atoms with Gasteiger partial charge in [-0.05, 0) is 73.0 Å². The Morgan fingerprint density at radius 1 is 0.909 bits per heavy atom. The fraction of sp³-hybridized carbons (Fsp3) is 0.467. The first kappa shape index (κ1) is 22.4. The van der Waals surface area contributed by atoms with Crippen LogP contribution in [0.3, 0.4) is 0 Å². The second-order valence-electron chi connectivity index (χ2n) is 9.90. The summed E-state index contributed by atoms with van der Waals surface area (Å²) in [7, 11) is 0. The number of allylic oxidation sites excluding steroid dienone is 4. The van der Waals surface area contributed by atoms with Crippen molar-refractivity contribution in [3.05, 3.63) is 83.4 Å². The Morgan fingerprint density at radius 3 is 2.42 bits per heavy atom. The summed E-state index contributed by atoms with van der Waals surface area (Å²) in [6.45, 7) is 10.6. The van der Waals surface area contributed by atoms with Crippen molar-refractivity contribution < 1.29 is 0 Å². The molecule has 1 heterocycles. The van der Waals surface area contributed by atoms with Gasteiger partial charge in [0.15, 0.2) is 0 Å². The van der Waals surface area contributed by atoms with E-state index >= 15 is 0 Å². The summed E-state index contributed by atoms with van der Waals surface area (Å²) < 4.78 is 0. The average Bonchev–Trinajstić information content (AvgIpc) is 3.42. The summed E-state index contributed by atoms with van der Waals surface area (Å²) in [5, 5.41) is 0. The van der Waals surface area contributed by atoms with Gasteiger partial charge in [0, 0.05) is 51.0 Å². The van der Waals surface area contributed by atoms with Gasteiger partial charge < -0.3 is 4.90 Å². The zero-order valence-electron chi connectivity index (χ0n) is 20.3. The van der Waals surface area contributed by atoms with Gasteiger partial charge in [-0.15, -0.1) is 0 Å². The standard InChI is InChI=1S/C30H39N3/c1-2-17-32(30-16-13-26-9-5-6-10-28(26)24-30)21-18-31-19-22-33(23-20-31)29-14-11-27(12-15-29)25-7-3-4-8-25/h3-7,9-12,14-15,30H,2,8,13,16-24H2,1H3. The monoisotopic (exact) mass is 441 g/mol. The van der Waals surface area contributed by atoms with Gasteiger partial charge in [0.25, 0.3) is 0 Å². The zero-order chi connectivity index (χ0) is 22.5. The Hall–Kier alpha value is -2.36. The number of piperazine rings is 1. The first-order valence-electron chi connectivity index (χ1n) is 13.0. The number of anilines is 1. The van der Waals surface area contributed by atoms with Gasteiger partial charge in [0.1, 0.15) is 0 Å². The lowest BCUT2D eigenvalue weighted by Gasteiger charge is -2.39. The summed E-state index contributed by atoms with van der Waals surface area (Å²) >= 11 is 0. The van der Waals surface area contributed by atoms with E-state index in [4.69, 9.17) is 0 Å². The average molecular weight is 442 g/mol.